The molecule has 0 unspecified atom stereocenters. The number of alkyl halides is 6. The first kappa shape index (κ1) is 29.1. The molecule has 204 valence electrons. The van der Waals surface area contributed by atoms with Gasteiger partial charge in [-0.15, -0.1) is 0 Å². The van der Waals surface area contributed by atoms with Crippen LogP contribution in [-0.2, 0) is 28.4 Å². The van der Waals surface area contributed by atoms with E-state index in [2.05, 4.69) is 5.32 Å². The first-order valence-electron chi connectivity index (χ1n) is 12.2. The van der Waals surface area contributed by atoms with Gasteiger partial charge in [-0.05, 0) is 65.8 Å². The van der Waals surface area contributed by atoms with Gasteiger partial charge in [0.15, 0.2) is 0 Å². The van der Waals surface area contributed by atoms with Crippen LogP contribution in [0.1, 0.15) is 55.4 Å². The Morgan fingerprint density at radius 3 is 2.03 bits per heavy atom. The van der Waals surface area contributed by atoms with Gasteiger partial charge in [0.25, 0.3) is 0 Å². The fraction of sp³-hybridized carbons (Fsp3) is 0.345. The number of esters is 1. The van der Waals surface area contributed by atoms with E-state index >= 15 is 0 Å². The summed E-state index contributed by atoms with van der Waals surface area (Å²) in [5.74, 6) is -2.01. The monoisotopic (exact) mass is 537 g/mol. The fourth-order valence-corrected chi connectivity index (χ4v) is 4.27. The second-order valence-electron chi connectivity index (χ2n) is 9.33. The summed E-state index contributed by atoms with van der Waals surface area (Å²) in [6.07, 6.45) is -9.21. The van der Waals surface area contributed by atoms with Crippen molar-refractivity contribution in [3.05, 3.63) is 89.0 Å². The molecule has 0 bridgehead atoms. The Morgan fingerprint density at radius 2 is 1.50 bits per heavy atom. The SMILES string of the molecule is CCOC(=O)[C@H](CC(C)C)c1cc(-c2ccccc2)cc(NCc2ccc(C(F)(F)F)cc2)c1C(F)(F)F. The van der Waals surface area contributed by atoms with Gasteiger partial charge in [0, 0.05) is 12.2 Å². The van der Waals surface area contributed by atoms with E-state index in [1.54, 1.807) is 37.3 Å². The van der Waals surface area contributed by atoms with E-state index in [-0.39, 0.29) is 36.7 Å². The molecule has 0 saturated carbocycles. The van der Waals surface area contributed by atoms with Gasteiger partial charge in [0.2, 0.25) is 0 Å². The number of nitrogens with one attached hydrogen (secondary N) is 1. The molecule has 0 fully saturated rings. The van der Waals surface area contributed by atoms with Crippen LogP contribution in [0.5, 0.6) is 0 Å². The molecule has 0 heterocycles. The number of ether oxygens (including phenoxy) is 1. The maximum atomic E-state index is 14.6. The quantitative estimate of drug-likeness (QED) is 0.219. The second kappa shape index (κ2) is 11.9. The molecule has 3 nitrogen and oxygen atoms in total. The zero-order valence-corrected chi connectivity index (χ0v) is 21.2. The summed E-state index contributed by atoms with van der Waals surface area (Å²) in [5, 5.41) is 2.77. The summed E-state index contributed by atoms with van der Waals surface area (Å²) in [4.78, 5) is 12.9. The van der Waals surface area contributed by atoms with Crippen LogP contribution < -0.4 is 5.32 Å². The highest BCUT2D eigenvalue weighted by Gasteiger charge is 2.40. The predicted molar refractivity (Wildman–Crippen MR) is 134 cm³/mol. The van der Waals surface area contributed by atoms with Crippen molar-refractivity contribution in [1.29, 1.82) is 0 Å². The summed E-state index contributed by atoms with van der Waals surface area (Å²) in [6, 6.07) is 15.7. The Labute approximate surface area is 217 Å². The largest absolute Gasteiger partial charge is 0.466 e. The van der Waals surface area contributed by atoms with Gasteiger partial charge >= 0.3 is 18.3 Å². The number of hydrogen-bond acceptors (Lipinski definition) is 3. The lowest BCUT2D eigenvalue weighted by molar-refractivity contribution is -0.146. The number of rotatable bonds is 9. The standard InChI is InChI=1S/C29H29F6NO2/c1-4-38-27(37)24(14-18(2)3)23-15-21(20-8-6-5-7-9-20)16-25(26(23)29(33,34)35)36-17-19-10-12-22(13-11-19)28(30,31)32/h5-13,15-16,18,24,36H,4,14,17H2,1-3H3/t24-/m1/s1. The van der Waals surface area contributed by atoms with Gasteiger partial charge in [0.1, 0.15) is 0 Å². The van der Waals surface area contributed by atoms with E-state index in [9.17, 15) is 31.1 Å². The van der Waals surface area contributed by atoms with Gasteiger partial charge in [-0.1, -0.05) is 56.3 Å². The normalized spacial score (nSPS) is 12.9. The van der Waals surface area contributed by atoms with Gasteiger partial charge < -0.3 is 10.1 Å². The zero-order chi connectivity index (χ0) is 28.1. The van der Waals surface area contributed by atoms with E-state index in [0.29, 0.717) is 16.7 Å². The molecule has 0 radical (unpaired) electrons. The molecule has 1 atom stereocenters. The minimum absolute atomic E-state index is 0.0200. The van der Waals surface area contributed by atoms with Crippen LogP contribution >= 0.6 is 0 Å². The van der Waals surface area contributed by atoms with Gasteiger partial charge in [-0.3, -0.25) is 4.79 Å². The maximum absolute atomic E-state index is 14.6. The number of halogens is 6. The van der Waals surface area contributed by atoms with Crippen LogP contribution in [0.25, 0.3) is 11.1 Å². The Hall–Kier alpha value is -3.49. The third-order valence-electron chi connectivity index (χ3n) is 5.98. The van der Waals surface area contributed by atoms with Crippen LogP contribution in [-0.4, -0.2) is 12.6 Å². The van der Waals surface area contributed by atoms with Crippen LogP contribution in [0, 0.1) is 5.92 Å². The van der Waals surface area contributed by atoms with Crippen molar-refractivity contribution >= 4 is 11.7 Å². The molecular formula is C29H29F6NO2. The average Bonchev–Trinajstić information content (AvgIpc) is 2.85. The van der Waals surface area contributed by atoms with Crippen LogP contribution in [0.4, 0.5) is 32.0 Å². The fourth-order valence-electron chi connectivity index (χ4n) is 4.27. The lowest BCUT2D eigenvalue weighted by Crippen LogP contribution is -2.23. The topological polar surface area (TPSA) is 38.3 Å². The van der Waals surface area contributed by atoms with Gasteiger partial charge in [0.05, 0.1) is 23.7 Å². The number of carbonyl (C=O) groups excluding carboxylic acids is 1. The van der Waals surface area contributed by atoms with Gasteiger partial charge in [-0.25, -0.2) is 0 Å². The van der Waals surface area contributed by atoms with E-state index in [1.807, 2.05) is 13.8 Å². The molecule has 0 saturated heterocycles. The molecule has 3 aromatic rings. The van der Waals surface area contributed by atoms with E-state index in [0.717, 1.165) is 12.1 Å². The maximum Gasteiger partial charge on any atom is 0.418 e. The van der Waals surface area contributed by atoms with Crippen molar-refractivity contribution < 1.29 is 35.9 Å². The number of hydrogen-bond donors (Lipinski definition) is 1. The Bertz CT molecular complexity index is 1220. The molecule has 0 amide bonds. The van der Waals surface area contributed by atoms with Crippen LogP contribution in [0.15, 0.2) is 66.7 Å². The molecule has 0 aliphatic heterocycles. The molecule has 0 aliphatic carbocycles. The first-order valence-corrected chi connectivity index (χ1v) is 12.2. The van der Waals surface area contributed by atoms with E-state index in [1.165, 1.54) is 24.3 Å². The second-order valence-corrected chi connectivity index (χ2v) is 9.33. The molecule has 3 rings (SSSR count). The predicted octanol–water partition coefficient (Wildman–Crippen LogP) is 8.70. The molecule has 9 heteroatoms. The lowest BCUT2D eigenvalue weighted by Gasteiger charge is -2.26. The lowest BCUT2D eigenvalue weighted by atomic mass is 9.84. The molecule has 0 aliphatic rings. The molecule has 0 aromatic heterocycles. The minimum Gasteiger partial charge on any atom is -0.466 e. The highest BCUT2D eigenvalue weighted by molar-refractivity contribution is 5.82. The highest BCUT2D eigenvalue weighted by atomic mass is 19.4. The minimum atomic E-state index is -4.82. The molecular weight excluding hydrogens is 508 g/mol. The Balaban J connectivity index is 2.16. The Morgan fingerprint density at radius 1 is 0.868 bits per heavy atom. The summed E-state index contributed by atoms with van der Waals surface area (Å²) < 4.78 is 87.6. The van der Waals surface area contributed by atoms with Crippen LogP contribution in [0.2, 0.25) is 0 Å². The zero-order valence-electron chi connectivity index (χ0n) is 21.2. The van der Waals surface area contributed by atoms with E-state index < -0.39 is 35.4 Å². The summed E-state index contributed by atoms with van der Waals surface area (Å²) in [6.45, 7) is 5.07. The van der Waals surface area contributed by atoms with Crippen molar-refractivity contribution in [2.24, 2.45) is 5.92 Å². The molecule has 38 heavy (non-hydrogen) atoms. The van der Waals surface area contributed by atoms with Crippen molar-refractivity contribution in [2.45, 2.75) is 52.0 Å². The number of carbonyl (C=O) groups is 1. The first-order chi connectivity index (χ1) is 17.8. The smallest absolute Gasteiger partial charge is 0.418 e. The summed E-state index contributed by atoms with van der Waals surface area (Å²) in [5.41, 5.74) is -0.859. The highest BCUT2D eigenvalue weighted by Crippen LogP contribution is 2.44. The summed E-state index contributed by atoms with van der Waals surface area (Å²) in [7, 11) is 0. The molecule has 1 N–H and O–H groups in total. The molecule has 0 spiro atoms. The number of benzene rings is 3. The third-order valence-corrected chi connectivity index (χ3v) is 5.98. The van der Waals surface area contributed by atoms with Crippen molar-refractivity contribution in [3.63, 3.8) is 0 Å². The number of anilines is 1. The van der Waals surface area contributed by atoms with Crippen molar-refractivity contribution in [1.82, 2.24) is 0 Å². The van der Waals surface area contributed by atoms with Gasteiger partial charge in [-0.2, -0.15) is 26.3 Å². The van der Waals surface area contributed by atoms with Crippen LogP contribution in [0.3, 0.4) is 0 Å². The van der Waals surface area contributed by atoms with E-state index in [4.69, 9.17) is 4.74 Å². The van der Waals surface area contributed by atoms with Crippen molar-refractivity contribution in [2.75, 3.05) is 11.9 Å². The summed E-state index contributed by atoms with van der Waals surface area (Å²) >= 11 is 0. The molecule has 3 aromatic carbocycles. The average molecular weight is 538 g/mol. The third kappa shape index (κ3) is 7.30. The Kier molecular flexibility index (Phi) is 9.12. The van der Waals surface area contributed by atoms with Crippen molar-refractivity contribution in [3.8, 4) is 11.1 Å².